The Morgan fingerprint density at radius 1 is 1.40 bits per heavy atom. The molecule has 1 aromatic carbocycles. The molecule has 0 saturated heterocycles. The van der Waals surface area contributed by atoms with E-state index in [-0.39, 0.29) is 36.6 Å². The summed E-state index contributed by atoms with van der Waals surface area (Å²) in [4.78, 5) is 27.2. The third-order valence-corrected chi connectivity index (χ3v) is 6.01. The Labute approximate surface area is 173 Å². The first-order chi connectivity index (χ1) is 14.2. The number of hydrogen-bond donors (Lipinski definition) is 2. The molecule has 0 radical (unpaired) electrons. The molecular formula is C21H24F2N4O3. The van der Waals surface area contributed by atoms with Gasteiger partial charge in [-0.3, -0.25) is 9.59 Å². The van der Waals surface area contributed by atoms with Gasteiger partial charge in [-0.05, 0) is 37.0 Å². The number of carbonyl (C=O) groups excluding carboxylic acids is 2. The summed E-state index contributed by atoms with van der Waals surface area (Å²) >= 11 is 0. The van der Waals surface area contributed by atoms with Crippen LogP contribution in [0.3, 0.4) is 0 Å². The molecule has 2 amide bonds. The highest BCUT2D eigenvalue weighted by Crippen LogP contribution is 2.66. The molecular weight excluding hydrogens is 394 g/mol. The van der Waals surface area contributed by atoms with E-state index >= 15 is 0 Å². The van der Waals surface area contributed by atoms with Crippen LogP contribution in [0.25, 0.3) is 0 Å². The van der Waals surface area contributed by atoms with E-state index in [0.717, 1.165) is 0 Å². The lowest BCUT2D eigenvalue weighted by atomic mass is 9.89. The van der Waals surface area contributed by atoms with Gasteiger partial charge in [0.15, 0.2) is 5.71 Å². The van der Waals surface area contributed by atoms with Crippen molar-refractivity contribution in [2.45, 2.75) is 37.6 Å². The highest BCUT2D eigenvalue weighted by Gasteiger charge is 2.70. The third kappa shape index (κ3) is 3.53. The van der Waals surface area contributed by atoms with Crippen molar-refractivity contribution >= 4 is 23.2 Å². The van der Waals surface area contributed by atoms with Gasteiger partial charge in [0.1, 0.15) is 18.4 Å². The zero-order valence-electron chi connectivity index (χ0n) is 16.7. The second-order valence-electron chi connectivity index (χ2n) is 8.12. The highest BCUT2D eigenvalue weighted by molar-refractivity contribution is 6.45. The first-order valence-electron chi connectivity index (χ1n) is 9.91. The molecule has 1 saturated carbocycles. The van der Waals surface area contributed by atoms with Crippen molar-refractivity contribution in [3.8, 4) is 5.75 Å². The maximum absolute atomic E-state index is 14.0. The van der Waals surface area contributed by atoms with E-state index in [9.17, 15) is 18.4 Å². The lowest BCUT2D eigenvalue weighted by molar-refractivity contribution is -0.124. The summed E-state index contributed by atoms with van der Waals surface area (Å²) in [5.41, 5.74) is 2.38. The minimum absolute atomic E-state index is 0.00557. The van der Waals surface area contributed by atoms with Gasteiger partial charge >= 0.3 is 0 Å². The zero-order chi connectivity index (χ0) is 21.5. The normalized spacial score (nSPS) is 29.8. The lowest BCUT2D eigenvalue weighted by Gasteiger charge is -2.21. The summed E-state index contributed by atoms with van der Waals surface area (Å²) < 4.78 is 33.7. The molecule has 7 nitrogen and oxygen atoms in total. The Hall–Kier alpha value is -2.97. The predicted molar refractivity (Wildman–Crippen MR) is 108 cm³/mol. The van der Waals surface area contributed by atoms with E-state index in [4.69, 9.17) is 4.74 Å². The van der Waals surface area contributed by atoms with Crippen LogP contribution in [0, 0.1) is 5.41 Å². The third-order valence-electron chi connectivity index (χ3n) is 6.01. The van der Waals surface area contributed by atoms with Crippen molar-refractivity contribution in [2.75, 3.05) is 25.1 Å². The van der Waals surface area contributed by atoms with Crippen LogP contribution in [0.2, 0.25) is 0 Å². The maximum Gasteiger partial charge on any atom is 0.272 e. The smallest absolute Gasteiger partial charge is 0.272 e. The van der Waals surface area contributed by atoms with Gasteiger partial charge in [0.2, 0.25) is 0 Å². The standard InChI is InChI=1S/C21H24F2N4O3/c1-13-10-20(12-21(20,22)23)8-5-9-24-26-17(13)18(28)25-14-11-30-16-7-4-3-6-15(16)27(2)19(14)29/h3-4,6-7,14,24H,1,5,8-12H2,2H3,(H,25,28)/b26-17+/t14-,20?/m0/s1. The summed E-state index contributed by atoms with van der Waals surface area (Å²) in [6.45, 7) is 4.17. The van der Waals surface area contributed by atoms with Crippen molar-refractivity contribution in [3.63, 3.8) is 0 Å². The van der Waals surface area contributed by atoms with Gasteiger partial charge in [-0.2, -0.15) is 5.10 Å². The molecule has 2 heterocycles. The summed E-state index contributed by atoms with van der Waals surface area (Å²) in [7, 11) is 1.60. The van der Waals surface area contributed by atoms with Crippen LogP contribution in [-0.2, 0) is 9.59 Å². The molecule has 9 heteroatoms. The Bertz CT molecular complexity index is 933. The monoisotopic (exact) mass is 418 g/mol. The molecule has 2 aliphatic heterocycles. The molecule has 1 aliphatic carbocycles. The number of alkyl halides is 2. The summed E-state index contributed by atoms with van der Waals surface area (Å²) in [5, 5.41) is 6.72. The molecule has 3 aliphatic rings. The molecule has 160 valence electrons. The summed E-state index contributed by atoms with van der Waals surface area (Å²) in [6, 6.07) is 6.12. The van der Waals surface area contributed by atoms with Gasteiger partial charge in [0.05, 0.1) is 5.69 Å². The molecule has 30 heavy (non-hydrogen) atoms. The lowest BCUT2D eigenvalue weighted by Crippen LogP contribution is -2.51. The number of para-hydroxylation sites is 2. The Kier molecular flexibility index (Phi) is 4.99. The summed E-state index contributed by atoms with van der Waals surface area (Å²) in [6.07, 6.45) is 0.661. The van der Waals surface area contributed by atoms with E-state index in [0.29, 0.717) is 30.8 Å². The molecule has 1 fully saturated rings. The number of hydrazone groups is 1. The number of amides is 2. The van der Waals surface area contributed by atoms with E-state index < -0.39 is 23.3 Å². The van der Waals surface area contributed by atoms with Gasteiger partial charge in [0.25, 0.3) is 17.7 Å². The van der Waals surface area contributed by atoms with Gasteiger partial charge < -0.3 is 20.4 Å². The van der Waals surface area contributed by atoms with Crippen LogP contribution in [-0.4, -0.2) is 49.7 Å². The number of carbonyl (C=O) groups is 2. The fourth-order valence-electron chi connectivity index (χ4n) is 4.14. The first-order valence-corrected chi connectivity index (χ1v) is 9.91. The number of nitrogens with one attached hydrogen (secondary N) is 2. The number of hydrogen-bond acceptors (Lipinski definition) is 5. The molecule has 0 aromatic heterocycles. The van der Waals surface area contributed by atoms with Crippen molar-refractivity contribution in [1.29, 1.82) is 0 Å². The van der Waals surface area contributed by atoms with Gasteiger partial charge in [-0.1, -0.05) is 18.7 Å². The fourth-order valence-corrected chi connectivity index (χ4v) is 4.14. The van der Waals surface area contributed by atoms with Gasteiger partial charge in [-0.15, -0.1) is 0 Å². The van der Waals surface area contributed by atoms with Crippen molar-refractivity contribution < 1.29 is 23.1 Å². The number of halogens is 2. The van der Waals surface area contributed by atoms with E-state index in [1.165, 1.54) is 4.90 Å². The largest absolute Gasteiger partial charge is 0.489 e. The molecule has 2 atom stereocenters. The van der Waals surface area contributed by atoms with Crippen LogP contribution in [0.4, 0.5) is 14.5 Å². The number of nitrogens with zero attached hydrogens (tertiary/aromatic N) is 2. The van der Waals surface area contributed by atoms with Crippen LogP contribution < -0.4 is 20.4 Å². The minimum atomic E-state index is -2.75. The van der Waals surface area contributed by atoms with Gasteiger partial charge in [0, 0.05) is 25.4 Å². The molecule has 1 aromatic rings. The van der Waals surface area contributed by atoms with Crippen molar-refractivity contribution in [3.05, 3.63) is 36.4 Å². The number of likely N-dealkylation sites (N-methyl/N-ethyl adjacent to an activating group) is 1. The Morgan fingerprint density at radius 2 is 2.13 bits per heavy atom. The molecule has 1 unspecified atom stereocenters. The molecule has 2 N–H and O–H groups in total. The second kappa shape index (κ2) is 7.37. The topological polar surface area (TPSA) is 83.0 Å². The number of rotatable bonds is 2. The van der Waals surface area contributed by atoms with E-state index in [1.807, 2.05) is 0 Å². The highest BCUT2D eigenvalue weighted by atomic mass is 19.3. The number of anilines is 1. The average Bonchev–Trinajstić information content (AvgIpc) is 3.25. The Morgan fingerprint density at radius 3 is 2.87 bits per heavy atom. The quantitative estimate of drug-likeness (QED) is 0.772. The van der Waals surface area contributed by atoms with Crippen LogP contribution in [0.15, 0.2) is 41.5 Å². The predicted octanol–water partition coefficient (Wildman–Crippen LogP) is 2.24. The van der Waals surface area contributed by atoms with Crippen LogP contribution in [0.1, 0.15) is 25.7 Å². The average molecular weight is 418 g/mol. The number of fused-ring (bicyclic) bond motifs is 1. The first kappa shape index (κ1) is 20.3. The van der Waals surface area contributed by atoms with Crippen molar-refractivity contribution in [2.24, 2.45) is 10.5 Å². The summed E-state index contributed by atoms with van der Waals surface area (Å²) in [5.74, 6) is -3.20. The minimum Gasteiger partial charge on any atom is -0.489 e. The van der Waals surface area contributed by atoms with Gasteiger partial charge in [-0.25, -0.2) is 8.78 Å². The van der Waals surface area contributed by atoms with Crippen molar-refractivity contribution in [1.82, 2.24) is 10.7 Å². The fraction of sp³-hybridized carbons (Fsp3) is 0.476. The SMILES string of the molecule is C=C1CC2(CCCN/N=C\1C(=O)N[C@H]1COc3ccccc3N(C)C1=O)CC2(F)F. The molecule has 1 spiro atoms. The molecule has 4 rings (SSSR count). The maximum atomic E-state index is 14.0. The second-order valence-corrected chi connectivity index (χ2v) is 8.12. The Balaban J connectivity index is 1.50. The zero-order valence-corrected chi connectivity index (χ0v) is 16.7. The molecule has 0 bridgehead atoms. The van der Waals surface area contributed by atoms with E-state index in [2.05, 4.69) is 22.4 Å². The number of ether oxygens (including phenoxy) is 1. The van der Waals surface area contributed by atoms with Crippen LogP contribution >= 0.6 is 0 Å². The van der Waals surface area contributed by atoms with Crippen LogP contribution in [0.5, 0.6) is 5.75 Å². The van der Waals surface area contributed by atoms with E-state index in [1.54, 1.807) is 31.3 Å². The number of benzene rings is 1.